The van der Waals surface area contributed by atoms with Crippen LogP contribution in [0.15, 0.2) is 109 Å². The molecule has 0 saturated heterocycles. The van der Waals surface area contributed by atoms with Crippen LogP contribution >= 0.6 is 0 Å². The average molecular weight is 677 g/mol. The summed E-state index contributed by atoms with van der Waals surface area (Å²) in [5.41, 5.74) is 0. The number of carbonyl (C=O) groups excluding carboxylic acids is 1. The van der Waals surface area contributed by atoms with Gasteiger partial charge in [0.25, 0.3) is 0 Å². The molecular weight excluding hydrogens is 604 g/mol. The van der Waals surface area contributed by atoms with Gasteiger partial charge in [-0.3, -0.25) is 4.79 Å². The smallest absolute Gasteiger partial charge is 0.306 e. The molecule has 1 N–H and O–H groups in total. The zero-order valence-electron chi connectivity index (χ0n) is 31.4. The molecule has 0 aliphatic carbocycles. The lowest BCUT2D eigenvalue weighted by atomic mass is 10.1. The predicted octanol–water partition coefficient (Wildman–Crippen LogP) is 12.8. The van der Waals surface area contributed by atoms with E-state index in [1.807, 2.05) is 0 Å². The van der Waals surface area contributed by atoms with Crippen molar-refractivity contribution in [1.82, 2.24) is 0 Å². The largest absolute Gasteiger partial charge is 0.457 e. The Morgan fingerprint density at radius 3 is 1.29 bits per heavy atom. The van der Waals surface area contributed by atoms with Crippen LogP contribution in [0.5, 0.6) is 0 Å². The van der Waals surface area contributed by atoms with Gasteiger partial charge in [-0.1, -0.05) is 162 Å². The predicted molar refractivity (Wildman–Crippen MR) is 214 cm³/mol. The van der Waals surface area contributed by atoms with Gasteiger partial charge in [-0.05, 0) is 83.5 Å². The Kier molecular flexibility index (Phi) is 38.7. The molecule has 4 heteroatoms. The Bertz CT molecular complexity index is 976. The molecule has 1 unspecified atom stereocenters. The fourth-order valence-corrected chi connectivity index (χ4v) is 4.79. The van der Waals surface area contributed by atoms with Crippen LogP contribution in [0.25, 0.3) is 0 Å². The van der Waals surface area contributed by atoms with Crippen molar-refractivity contribution in [3.8, 4) is 0 Å². The number of esters is 1. The third-order valence-corrected chi connectivity index (χ3v) is 7.61. The van der Waals surface area contributed by atoms with Gasteiger partial charge >= 0.3 is 5.97 Å². The Hall–Kier alpha value is -2.95. The van der Waals surface area contributed by atoms with E-state index in [9.17, 15) is 9.90 Å². The Balaban J connectivity index is 3.61. The lowest BCUT2D eigenvalue weighted by Crippen LogP contribution is -2.27. The zero-order valence-corrected chi connectivity index (χ0v) is 31.4. The maximum absolute atomic E-state index is 12.2. The first-order chi connectivity index (χ1) is 24.2. The van der Waals surface area contributed by atoms with Gasteiger partial charge in [0.2, 0.25) is 0 Å². The van der Waals surface area contributed by atoms with Crippen molar-refractivity contribution in [2.24, 2.45) is 0 Å². The first kappa shape index (κ1) is 46.0. The van der Waals surface area contributed by atoms with E-state index in [0.29, 0.717) is 13.0 Å². The number of allylic oxidation sites excluding steroid dienone is 17. The third kappa shape index (κ3) is 39.4. The summed E-state index contributed by atoms with van der Waals surface area (Å²) in [6, 6.07) is 0. The normalized spacial score (nSPS) is 13.6. The summed E-state index contributed by atoms with van der Waals surface area (Å²) in [7, 11) is 0. The molecular formula is C45H72O4. The van der Waals surface area contributed by atoms with Crippen LogP contribution < -0.4 is 0 Å². The van der Waals surface area contributed by atoms with E-state index in [-0.39, 0.29) is 19.2 Å². The van der Waals surface area contributed by atoms with E-state index in [4.69, 9.17) is 9.47 Å². The van der Waals surface area contributed by atoms with Crippen LogP contribution in [0.1, 0.15) is 142 Å². The summed E-state index contributed by atoms with van der Waals surface area (Å²) >= 11 is 0. The standard InChI is InChI=1S/C45H72O4/c1-3-5-7-9-11-13-15-17-19-21-22-23-24-25-26-28-30-32-34-36-38-40-45(47)49-44(42-46)43-48-41-39-37-35-33-31-29-27-20-18-16-14-12-10-8-6-4-2/h5-8,11-14,17-20,22-23,29,31,35,37,44,46H,3-4,9-10,15-16,21,24-28,30,32-34,36,38-43H2,1-2H3/b7-5-,8-6-,13-11-,14-12-,19-17-,20-18-,23-22-,31-29-,37-35-. The molecule has 0 aromatic carbocycles. The van der Waals surface area contributed by atoms with Crippen molar-refractivity contribution in [3.05, 3.63) is 109 Å². The van der Waals surface area contributed by atoms with Gasteiger partial charge in [0, 0.05) is 6.42 Å². The fraction of sp³-hybridized carbons (Fsp3) is 0.578. The molecule has 0 saturated carbocycles. The maximum atomic E-state index is 12.2. The quantitative estimate of drug-likeness (QED) is 0.0419. The van der Waals surface area contributed by atoms with Gasteiger partial charge in [0.1, 0.15) is 6.10 Å². The van der Waals surface area contributed by atoms with Gasteiger partial charge in [-0.25, -0.2) is 0 Å². The molecule has 0 aromatic heterocycles. The minimum Gasteiger partial charge on any atom is -0.457 e. The zero-order chi connectivity index (χ0) is 35.6. The van der Waals surface area contributed by atoms with E-state index in [1.165, 1.54) is 38.5 Å². The van der Waals surface area contributed by atoms with Crippen LogP contribution in [0, 0.1) is 0 Å². The van der Waals surface area contributed by atoms with Gasteiger partial charge in [0.05, 0.1) is 19.8 Å². The van der Waals surface area contributed by atoms with Crippen LogP contribution in [0.2, 0.25) is 0 Å². The first-order valence-corrected chi connectivity index (χ1v) is 19.5. The highest BCUT2D eigenvalue weighted by molar-refractivity contribution is 5.69. The van der Waals surface area contributed by atoms with E-state index in [0.717, 1.165) is 83.5 Å². The van der Waals surface area contributed by atoms with Crippen molar-refractivity contribution >= 4 is 5.97 Å². The number of aliphatic hydroxyl groups excluding tert-OH is 1. The highest BCUT2D eigenvalue weighted by Crippen LogP contribution is 2.12. The average Bonchev–Trinajstić information content (AvgIpc) is 3.11. The molecule has 49 heavy (non-hydrogen) atoms. The van der Waals surface area contributed by atoms with Crippen molar-refractivity contribution in [3.63, 3.8) is 0 Å². The van der Waals surface area contributed by atoms with E-state index >= 15 is 0 Å². The van der Waals surface area contributed by atoms with Crippen LogP contribution in [-0.2, 0) is 14.3 Å². The van der Waals surface area contributed by atoms with E-state index < -0.39 is 6.10 Å². The molecule has 0 amide bonds. The molecule has 0 spiro atoms. The second-order valence-electron chi connectivity index (χ2n) is 12.2. The van der Waals surface area contributed by atoms with Crippen molar-refractivity contribution in [2.75, 3.05) is 19.8 Å². The molecule has 276 valence electrons. The summed E-state index contributed by atoms with van der Waals surface area (Å²) < 4.78 is 11.0. The highest BCUT2D eigenvalue weighted by atomic mass is 16.6. The Morgan fingerprint density at radius 2 is 0.857 bits per heavy atom. The number of ether oxygens (including phenoxy) is 2. The molecule has 4 nitrogen and oxygen atoms in total. The number of hydrogen-bond donors (Lipinski definition) is 1. The van der Waals surface area contributed by atoms with Crippen LogP contribution in [0.4, 0.5) is 0 Å². The second kappa shape index (κ2) is 41.2. The van der Waals surface area contributed by atoms with Gasteiger partial charge in [-0.2, -0.15) is 0 Å². The number of carbonyl (C=O) groups is 1. The number of hydrogen-bond acceptors (Lipinski definition) is 4. The van der Waals surface area contributed by atoms with Crippen LogP contribution in [0.3, 0.4) is 0 Å². The Morgan fingerprint density at radius 1 is 0.490 bits per heavy atom. The molecule has 0 heterocycles. The summed E-state index contributed by atoms with van der Waals surface area (Å²) in [6.07, 6.45) is 60.1. The molecule has 1 atom stereocenters. The summed E-state index contributed by atoms with van der Waals surface area (Å²) in [5, 5.41) is 9.57. The molecule has 0 aromatic rings. The van der Waals surface area contributed by atoms with Crippen molar-refractivity contribution in [1.29, 1.82) is 0 Å². The Labute approximate surface area is 302 Å². The van der Waals surface area contributed by atoms with Crippen LogP contribution in [-0.4, -0.2) is 37.0 Å². The second-order valence-corrected chi connectivity index (χ2v) is 12.2. The number of unbranched alkanes of at least 4 members (excludes halogenated alkanes) is 8. The van der Waals surface area contributed by atoms with Crippen molar-refractivity contribution < 1.29 is 19.4 Å². The number of aliphatic hydroxyl groups is 1. The topological polar surface area (TPSA) is 55.8 Å². The first-order valence-electron chi connectivity index (χ1n) is 19.5. The van der Waals surface area contributed by atoms with E-state index in [1.54, 1.807) is 0 Å². The molecule has 0 fully saturated rings. The summed E-state index contributed by atoms with van der Waals surface area (Å²) in [4.78, 5) is 12.2. The highest BCUT2D eigenvalue weighted by Gasteiger charge is 2.13. The van der Waals surface area contributed by atoms with Gasteiger partial charge in [0.15, 0.2) is 0 Å². The summed E-state index contributed by atoms with van der Waals surface area (Å²) in [5.74, 6) is -0.240. The SMILES string of the molecule is CC/C=C\C/C=C\C/C=C\C/C=C\C/C=C\CCOCC(CO)OC(=O)CCCCCCCCCC/C=C\C/C=C\C/C=C\C/C=C\CC. The molecule has 0 aliphatic rings. The molecule has 0 bridgehead atoms. The fourth-order valence-electron chi connectivity index (χ4n) is 4.79. The van der Waals surface area contributed by atoms with Crippen molar-refractivity contribution in [2.45, 2.75) is 148 Å². The minimum atomic E-state index is -0.586. The lowest BCUT2D eigenvalue weighted by molar-refractivity contribution is -0.154. The summed E-state index contributed by atoms with van der Waals surface area (Å²) in [6.45, 7) is 4.88. The third-order valence-electron chi connectivity index (χ3n) is 7.61. The number of rotatable bonds is 34. The molecule has 0 aliphatic heterocycles. The van der Waals surface area contributed by atoms with Gasteiger partial charge < -0.3 is 14.6 Å². The maximum Gasteiger partial charge on any atom is 0.306 e. The van der Waals surface area contributed by atoms with E-state index in [2.05, 4.69) is 123 Å². The minimum absolute atomic E-state index is 0.213. The van der Waals surface area contributed by atoms with Gasteiger partial charge in [-0.15, -0.1) is 0 Å². The lowest BCUT2D eigenvalue weighted by Gasteiger charge is -2.15. The molecule has 0 rings (SSSR count). The monoisotopic (exact) mass is 677 g/mol. The molecule has 0 radical (unpaired) electrons.